The summed E-state index contributed by atoms with van der Waals surface area (Å²) in [6, 6.07) is 9.08. The number of anilines is 2. The maximum absolute atomic E-state index is 12.5. The number of nitrogens with zero attached hydrogens (tertiary/aromatic N) is 2. The lowest BCUT2D eigenvalue weighted by molar-refractivity contribution is 0.0984. The Labute approximate surface area is 118 Å². The van der Waals surface area contributed by atoms with Crippen LogP contribution in [-0.2, 0) is 6.54 Å². The summed E-state index contributed by atoms with van der Waals surface area (Å²) >= 11 is 0. The fourth-order valence-corrected chi connectivity index (χ4v) is 2.08. The molecule has 0 aliphatic heterocycles. The van der Waals surface area contributed by atoms with E-state index in [9.17, 15) is 4.79 Å². The van der Waals surface area contributed by atoms with Crippen molar-refractivity contribution in [3.63, 3.8) is 0 Å². The van der Waals surface area contributed by atoms with Gasteiger partial charge in [0, 0.05) is 31.5 Å². The molecule has 0 aliphatic rings. The fourth-order valence-electron chi connectivity index (χ4n) is 2.08. The molecular weight excluding hydrogens is 254 g/mol. The van der Waals surface area contributed by atoms with E-state index in [1.165, 1.54) is 0 Å². The SMILES string of the molecule is CCn1cc(N)cc1C(=O)N(C)c1cccc(OC)c1. The summed E-state index contributed by atoms with van der Waals surface area (Å²) in [6.45, 7) is 2.67. The molecule has 106 valence electrons. The van der Waals surface area contributed by atoms with E-state index >= 15 is 0 Å². The number of nitrogens with two attached hydrogens (primary N) is 1. The summed E-state index contributed by atoms with van der Waals surface area (Å²) in [5.41, 5.74) is 7.71. The average molecular weight is 273 g/mol. The maximum atomic E-state index is 12.5. The number of nitrogen functional groups attached to an aromatic ring is 1. The van der Waals surface area contributed by atoms with Crippen LogP contribution < -0.4 is 15.4 Å². The average Bonchev–Trinajstić information content (AvgIpc) is 2.86. The van der Waals surface area contributed by atoms with Gasteiger partial charge in [-0.2, -0.15) is 0 Å². The molecule has 0 atom stereocenters. The third-order valence-electron chi connectivity index (χ3n) is 3.22. The van der Waals surface area contributed by atoms with Gasteiger partial charge in [0.2, 0.25) is 0 Å². The summed E-state index contributed by atoms with van der Waals surface area (Å²) in [6.07, 6.45) is 1.77. The van der Waals surface area contributed by atoms with Gasteiger partial charge < -0.3 is 19.9 Å². The molecule has 1 heterocycles. The predicted molar refractivity (Wildman–Crippen MR) is 80.2 cm³/mol. The molecule has 0 fully saturated rings. The number of methoxy groups -OCH3 is 1. The van der Waals surface area contributed by atoms with Gasteiger partial charge in [-0.3, -0.25) is 4.79 Å². The Bertz CT molecular complexity index is 619. The predicted octanol–water partition coefficient (Wildman–Crippen LogP) is 2.38. The van der Waals surface area contributed by atoms with Gasteiger partial charge in [0.05, 0.1) is 12.8 Å². The van der Waals surface area contributed by atoms with Gasteiger partial charge in [0.25, 0.3) is 5.91 Å². The lowest BCUT2D eigenvalue weighted by Crippen LogP contribution is -2.28. The second kappa shape index (κ2) is 5.69. The number of carbonyl (C=O) groups excluding carboxylic acids is 1. The zero-order chi connectivity index (χ0) is 14.7. The number of amides is 1. The minimum absolute atomic E-state index is 0.100. The number of hydrogen-bond donors (Lipinski definition) is 1. The molecule has 0 saturated heterocycles. The van der Waals surface area contributed by atoms with Gasteiger partial charge in [-0.25, -0.2) is 0 Å². The van der Waals surface area contributed by atoms with Crippen LogP contribution in [0.5, 0.6) is 5.75 Å². The Balaban J connectivity index is 2.31. The van der Waals surface area contributed by atoms with Crippen molar-refractivity contribution in [1.29, 1.82) is 0 Å². The van der Waals surface area contributed by atoms with Crippen molar-refractivity contribution >= 4 is 17.3 Å². The fraction of sp³-hybridized carbons (Fsp3) is 0.267. The quantitative estimate of drug-likeness (QED) is 0.930. The van der Waals surface area contributed by atoms with E-state index in [1.807, 2.05) is 35.8 Å². The molecule has 0 unspecified atom stereocenters. The zero-order valence-corrected chi connectivity index (χ0v) is 12.0. The first-order valence-electron chi connectivity index (χ1n) is 6.44. The van der Waals surface area contributed by atoms with Crippen molar-refractivity contribution in [2.75, 3.05) is 24.8 Å². The van der Waals surface area contributed by atoms with Crippen LogP contribution in [0.4, 0.5) is 11.4 Å². The summed E-state index contributed by atoms with van der Waals surface area (Å²) in [5.74, 6) is 0.615. The molecule has 5 nitrogen and oxygen atoms in total. The molecular formula is C15H19N3O2. The standard InChI is InChI=1S/C15H19N3O2/c1-4-18-10-11(16)8-14(18)15(19)17(2)12-6-5-7-13(9-12)20-3/h5-10H,4,16H2,1-3H3. The molecule has 0 saturated carbocycles. The number of carbonyl (C=O) groups is 1. The molecule has 5 heteroatoms. The van der Waals surface area contributed by atoms with E-state index in [0.717, 1.165) is 5.69 Å². The van der Waals surface area contributed by atoms with Crippen LogP contribution in [0.15, 0.2) is 36.5 Å². The van der Waals surface area contributed by atoms with Gasteiger partial charge in [-0.15, -0.1) is 0 Å². The molecule has 0 spiro atoms. The smallest absolute Gasteiger partial charge is 0.274 e. The minimum Gasteiger partial charge on any atom is -0.497 e. The second-order valence-electron chi connectivity index (χ2n) is 4.51. The highest BCUT2D eigenvalue weighted by Crippen LogP contribution is 2.22. The van der Waals surface area contributed by atoms with Crippen molar-refractivity contribution in [2.24, 2.45) is 0 Å². The number of hydrogen-bond acceptors (Lipinski definition) is 3. The molecule has 2 N–H and O–H groups in total. The normalized spacial score (nSPS) is 10.3. The highest BCUT2D eigenvalue weighted by Gasteiger charge is 2.18. The number of benzene rings is 1. The highest BCUT2D eigenvalue weighted by atomic mass is 16.5. The Hall–Kier alpha value is -2.43. The van der Waals surface area contributed by atoms with Gasteiger partial charge in [-0.05, 0) is 25.1 Å². The van der Waals surface area contributed by atoms with Gasteiger partial charge in [-0.1, -0.05) is 6.07 Å². The van der Waals surface area contributed by atoms with Crippen LogP contribution >= 0.6 is 0 Å². The van der Waals surface area contributed by atoms with Crippen molar-refractivity contribution in [1.82, 2.24) is 4.57 Å². The first kappa shape index (κ1) is 14.0. The zero-order valence-electron chi connectivity index (χ0n) is 12.0. The molecule has 0 radical (unpaired) electrons. The third-order valence-corrected chi connectivity index (χ3v) is 3.22. The van der Waals surface area contributed by atoms with Crippen LogP contribution in [0.25, 0.3) is 0 Å². The summed E-state index contributed by atoms with van der Waals surface area (Å²) in [5, 5.41) is 0. The van der Waals surface area contributed by atoms with Crippen LogP contribution in [-0.4, -0.2) is 24.6 Å². The van der Waals surface area contributed by atoms with Crippen molar-refractivity contribution in [2.45, 2.75) is 13.5 Å². The summed E-state index contributed by atoms with van der Waals surface area (Å²) in [4.78, 5) is 14.1. The van der Waals surface area contributed by atoms with Crippen LogP contribution in [0.2, 0.25) is 0 Å². The Morgan fingerprint density at radius 3 is 2.80 bits per heavy atom. The molecule has 2 rings (SSSR count). The molecule has 1 amide bonds. The molecule has 20 heavy (non-hydrogen) atoms. The summed E-state index contributed by atoms with van der Waals surface area (Å²) in [7, 11) is 3.34. The third kappa shape index (κ3) is 2.61. The topological polar surface area (TPSA) is 60.5 Å². The molecule has 1 aromatic heterocycles. The Morgan fingerprint density at radius 1 is 1.40 bits per heavy atom. The van der Waals surface area contributed by atoms with E-state index in [-0.39, 0.29) is 5.91 Å². The monoisotopic (exact) mass is 273 g/mol. The van der Waals surface area contributed by atoms with E-state index in [2.05, 4.69) is 0 Å². The Kier molecular flexibility index (Phi) is 3.98. The number of aromatic nitrogens is 1. The largest absolute Gasteiger partial charge is 0.497 e. The van der Waals surface area contributed by atoms with Crippen LogP contribution in [0.3, 0.4) is 0 Å². The molecule has 0 aliphatic carbocycles. The van der Waals surface area contributed by atoms with E-state index < -0.39 is 0 Å². The second-order valence-corrected chi connectivity index (χ2v) is 4.51. The molecule has 1 aromatic carbocycles. The van der Waals surface area contributed by atoms with Crippen molar-refractivity contribution < 1.29 is 9.53 Å². The first-order chi connectivity index (χ1) is 9.56. The van der Waals surface area contributed by atoms with E-state index in [4.69, 9.17) is 10.5 Å². The van der Waals surface area contributed by atoms with Crippen LogP contribution in [0.1, 0.15) is 17.4 Å². The highest BCUT2D eigenvalue weighted by molar-refractivity contribution is 6.05. The van der Waals surface area contributed by atoms with Crippen molar-refractivity contribution in [3.05, 3.63) is 42.2 Å². The molecule has 0 bridgehead atoms. The van der Waals surface area contributed by atoms with Gasteiger partial charge in [0.1, 0.15) is 11.4 Å². The number of rotatable bonds is 4. The summed E-state index contributed by atoms with van der Waals surface area (Å²) < 4.78 is 7.02. The van der Waals surface area contributed by atoms with Crippen LogP contribution in [0, 0.1) is 0 Å². The maximum Gasteiger partial charge on any atom is 0.274 e. The lowest BCUT2D eigenvalue weighted by atomic mass is 10.2. The lowest BCUT2D eigenvalue weighted by Gasteiger charge is -2.18. The van der Waals surface area contributed by atoms with Crippen molar-refractivity contribution in [3.8, 4) is 5.75 Å². The van der Waals surface area contributed by atoms with Gasteiger partial charge in [0.15, 0.2) is 0 Å². The number of aryl methyl sites for hydroxylation is 1. The van der Waals surface area contributed by atoms with E-state index in [1.54, 1.807) is 31.3 Å². The number of ether oxygens (including phenoxy) is 1. The minimum atomic E-state index is -0.100. The van der Waals surface area contributed by atoms with E-state index in [0.29, 0.717) is 23.7 Å². The molecule has 2 aromatic rings. The Morgan fingerprint density at radius 2 is 2.15 bits per heavy atom. The van der Waals surface area contributed by atoms with Gasteiger partial charge >= 0.3 is 0 Å². The first-order valence-corrected chi connectivity index (χ1v) is 6.44.